The maximum absolute atomic E-state index is 5.87. The highest BCUT2D eigenvalue weighted by Crippen LogP contribution is 2.29. The Bertz CT molecular complexity index is 586. The van der Waals surface area contributed by atoms with Gasteiger partial charge in [0.15, 0.2) is 5.76 Å². The quantitative estimate of drug-likeness (QED) is 0.825. The van der Waals surface area contributed by atoms with Crippen molar-refractivity contribution in [2.24, 2.45) is 0 Å². The Morgan fingerprint density at radius 2 is 2.14 bits per heavy atom. The Balaban J connectivity index is 2.08. The molecule has 21 heavy (non-hydrogen) atoms. The SMILES string of the molecule is CNC(C)c1cc(Br)ccc1OCc1cc(COC)on1. The Morgan fingerprint density at radius 3 is 2.86 bits per heavy atom. The summed E-state index contributed by atoms with van der Waals surface area (Å²) in [5.74, 6) is 1.52. The molecule has 6 heteroatoms. The molecular weight excluding hydrogens is 336 g/mol. The van der Waals surface area contributed by atoms with Crippen LogP contribution in [0, 0.1) is 0 Å². The van der Waals surface area contributed by atoms with Gasteiger partial charge in [0.05, 0.1) is 0 Å². The molecule has 1 aromatic carbocycles. The van der Waals surface area contributed by atoms with E-state index in [1.54, 1.807) is 7.11 Å². The second kappa shape index (κ2) is 7.59. The summed E-state index contributed by atoms with van der Waals surface area (Å²) in [4.78, 5) is 0. The van der Waals surface area contributed by atoms with Gasteiger partial charge in [-0.3, -0.25) is 0 Å². The van der Waals surface area contributed by atoms with E-state index in [9.17, 15) is 0 Å². The minimum absolute atomic E-state index is 0.193. The van der Waals surface area contributed by atoms with Gasteiger partial charge in [-0.05, 0) is 32.2 Å². The van der Waals surface area contributed by atoms with E-state index in [-0.39, 0.29) is 6.04 Å². The van der Waals surface area contributed by atoms with E-state index in [0.717, 1.165) is 21.5 Å². The molecule has 0 aliphatic heterocycles. The van der Waals surface area contributed by atoms with Gasteiger partial charge >= 0.3 is 0 Å². The zero-order chi connectivity index (χ0) is 15.2. The molecule has 1 heterocycles. The lowest BCUT2D eigenvalue weighted by Crippen LogP contribution is -2.13. The van der Waals surface area contributed by atoms with Crippen LogP contribution in [0.3, 0.4) is 0 Å². The van der Waals surface area contributed by atoms with E-state index >= 15 is 0 Å². The first-order valence-electron chi connectivity index (χ1n) is 6.67. The average molecular weight is 355 g/mol. The van der Waals surface area contributed by atoms with Crippen LogP contribution in [0.1, 0.15) is 30.0 Å². The zero-order valence-electron chi connectivity index (χ0n) is 12.4. The van der Waals surface area contributed by atoms with Crippen LogP contribution in [0.2, 0.25) is 0 Å². The summed E-state index contributed by atoms with van der Waals surface area (Å²) in [6, 6.07) is 7.99. The second-order valence-electron chi connectivity index (χ2n) is 4.70. The third kappa shape index (κ3) is 4.30. The van der Waals surface area contributed by atoms with E-state index in [2.05, 4.69) is 39.4 Å². The summed E-state index contributed by atoms with van der Waals surface area (Å²) in [6.07, 6.45) is 0. The van der Waals surface area contributed by atoms with Crippen molar-refractivity contribution in [3.05, 3.63) is 45.8 Å². The van der Waals surface area contributed by atoms with E-state index in [4.69, 9.17) is 14.0 Å². The van der Waals surface area contributed by atoms with Gasteiger partial charge in [0.2, 0.25) is 0 Å². The van der Waals surface area contributed by atoms with Gasteiger partial charge < -0.3 is 19.3 Å². The molecule has 0 radical (unpaired) electrons. The van der Waals surface area contributed by atoms with E-state index in [0.29, 0.717) is 19.0 Å². The summed E-state index contributed by atoms with van der Waals surface area (Å²) >= 11 is 3.49. The molecule has 1 unspecified atom stereocenters. The number of nitrogens with one attached hydrogen (secondary N) is 1. The van der Waals surface area contributed by atoms with Crippen molar-refractivity contribution in [2.45, 2.75) is 26.2 Å². The van der Waals surface area contributed by atoms with E-state index in [1.165, 1.54) is 0 Å². The molecule has 0 aliphatic rings. The van der Waals surface area contributed by atoms with Crippen LogP contribution in [-0.2, 0) is 18.0 Å². The van der Waals surface area contributed by atoms with Crippen LogP contribution >= 0.6 is 15.9 Å². The van der Waals surface area contributed by atoms with Gasteiger partial charge in [0.1, 0.15) is 24.7 Å². The van der Waals surface area contributed by atoms with Gasteiger partial charge in [-0.15, -0.1) is 0 Å². The summed E-state index contributed by atoms with van der Waals surface area (Å²) in [5.41, 5.74) is 1.83. The normalized spacial score (nSPS) is 12.4. The van der Waals surface area contributed by atoms with Crippen LogP contribution in [0.4, 0.5) is 0 Å². The highest BCUT2D eigenvalue weighted by Gasteiger charge is 2.12. The minimum Gasteiger partial charge on any atom is -0.487 e. The second-order valence-corrected chi connectivity index (χ2v) is 5.61. The van der Waals surface area contributed by atoms with Crippen molar-refractivity contribution >= 4 is 15.9 Å². The van der Waals surface area contributed by atoms with Gasteiger partial charge in [-0.2, -0.15) is 0 Å². The Kier molecular flexibility index (Phi) is 5.78. The topological polar surface area (TPSA) is 56.5 Å². The van der Waals surface area contributed by atoms with Crippen LogP contribution in [0.5, 0.6) is 5.75 Å². The summed E-state index contributed by atoms with van der Waals surface area (Å²) < 4.78 is 17.0. The molecule has 114 valence electrons. The molecule has 0 aliphatic carbocycles. The fourth-order valence-electron chi connectivity index (χ4n) is 1.93. The molecule has 2 rings (SSSR count). The van der Waals surface area contributed by atoms with Gasteiger partial charge in [-0.1, -0.05) is 21.1 Å². The van der Waals surface area contributed by atoms with E-state index in [1.807, 2.05) is 25.2 Å². The molecule has 0 saturated heterocycles. The average Bonchev–Trinajstić information content (AvgIpc) is 2.93. The number of aromatic nitrogens is 1. The molecule has 0 amide bonds. The number of hydrogen-bond acceptors (Lipinski definition) is 5. The largest absolute Gasteiger partial charge is 0.487 e. The van der Waals surface area contributed by atoms with Crippen molar-refractivity contribution in [1.82, 2.24) is 10.5 Å². The first kappa shape index (κ1) is 16.0. The lowest BCUT2D eigenvalue weighted by Gasteiger charge is -2.16. The van der Waals surface area contributed by atoms with Crippen molar-refractivity contribution in [3.8, 4) is 5.75 Å². The standard InChI is InChI=1S/C15H19BrN2O3/c1-10(17-2)14-6-11(16)4-5-15(14)20-8-12-7-13(9-19-3)21-18-12/h4-7,10,17H,8-9H2,1-3H3. The Hall–Kier alpha value is -1.37. The number of hydrogen-bond donors (Lipinski definition) is 1. The van der Waals surface area contributed by atoms with Crippen molar-refractivity contribution < 1.29 is 14.0 Å². The third-order valence-electron chi connectivity index (χ3n) is 3.14. The van der Waals surface area contributed by atoms with Crippen molar-refractivity contribution in [1.29, 1.82) is 0 Å². The minimum atomic E-state index is 0.193. The predicted octanol–water partition coefficient (Wildman–Crippen LogP) is 3.44. The fraction of sp³-hybridized carbons (Fsp3) is 0.400. The van der Waals surface area contributed by atoms with Gasteiger partial charge in [0, 0.05) is 29.3 Å². The van der Waals surface area contributed by atoms with Gasteiger partial charge in [0.25, 0.3) is 0 Å². The van der Waals surface area contributed by atoms with Crippen LogP contribution in [0.25, 0.3) is 0 Å². The molecule has 1 atom stereocenters. The number of ether oxygens (including phenoxy) is 2. The first-order valence-corrected chi connectivity index (χ1v) is 7.46. The smallest absolute Gasteiger partial charge is 0.162 e. The molecular formula is C15H19BrN2O3. The molecule has 0 spiro atoms. The van der Waals surface area contributed by atoms with E-state index < -0.39 is 0 Å². The van der Waals surface area contributed by atoms with Crippen LogP contribution < -0.4 is 10.1 Å². The van der Waals surface area contributed by atoms with Crippen LogP contribution in [-0.4, -0.2) is 19.3 Å². The third-order valence-corrected chi connectivity index (χ3v) is 3.63. The maximum atomic E-state index is 5.87. The molecule has 1 N–H and O–H groups in total. The van der Waals surface area contributed by atoms with Crippen LogP contribution in [0.15, 0.2) is 33.3 Å². The number of benzene rings is 1. The molecule has 2 aromatic rings. The Morgan fingerprint density at radius 1 is 1.33 bits per heavy atom. The number of nitrogens with zero attached hydrogens (tertiary/aromatic N) is 1. The number of halogens is 1. The summed E-state index contributed by atoms with van der Waals surface area (Å²) in [6.45, 7) is 2.85. The molecule has 0 bridgehead atoms. The van der Waals surface area contributed by atoms with Gasteiger partial charge in [-0.25, -0.2) is 0 Å². The molecule has 0 saturated carbocycles. The highest BCUT2D eigenvalue weighted by atomic mass is 79.9. The first-order chi connectivity index (χ1) is 10.1. The summed E-state index contributed by atoms with van der Waals surface area (Å²) in [5, 5.41) is 7.17. The van der Waals surface area contributed by atoms with Crippen molar-refractivity contribution in [2.75, 3.05) is 14.2 Å². The lowest BCUT2D eigenvalue weighted by molar-refractivity contribution is 0.155. The molecule has 0 fully saturated rings. The fourth-order valence-corrected chi connectivity index (χ4v) is 2.31. The Labute approximate surface area is 132 Å². The number of rotatable bonds is 7. The zero-order valence-corrected chi connectivity index (χ0v) is 13.9. The highest BCUT2D eigenvalue weighted by molar-refractivity contribution is 9.10. The maximum Gasteiger partial charge on any atom is 0.162 e. The number of methoxy groups -OCH3 is 1. The molecule has 5 nitrogen and oxygen atoms in total. The monoisotopic (exact) mass is 354 g/mol. The molecule has 1 aromatic heterocycles. The summed E-state index contributed by atoms with van der Waals surface area (Å²) in [7, 11) is 3.54. The lowest BCUT2D eigenvalue weighted by atomic mass is 10.1. The predicted molar refractivity (Wildman–Crippen MR) is 83.2 cm³/mol. The van der Waals surface area contributed by atoms with Crippen molar-refractivity contribution in [3.63, 3.8) is 0 Å².